The van der Waals surface area contributed by atoms with Gasteiger partial charge in [-0.25, -0.2) is 4.79 Å². The summed E-state index contributed by atoms with van der Waals surface area (Å²) in [5.41, 5.74) is 1.88. The Balaban J connectivity index is 1.44. The predicted molar refractivity (Wildman–Crippen MR) is 109 cm³/mol. The van der Waals surface area contributed by atoms with Crippen molar-refractivity contribution in [3.05, 3.63) is 54.4 Å². The number of carbonyl (C=O) groups is 1. The number of thioether (sulfide) groups is 1. The molecule has 27 heavy (non-hydrogen) atoms. The molecule has 2 aromatic rings. The highest BCUT2D eigenvalue weighted by molar-refractivity contribution is 7.99. The maximum absolute atomic E-state index is 12.2. The second kappa shape index (κ2) is 9.73. The van der Waals surface area contributed by atoms with Crippen LogP contribution in [0.15, 0.2) is 53.6 Å². The van der Waals surface area contributed by atoms with Gasteiger partial charge < -0.3 is 20.3 Å². The number of methoxy groups -OCH3 is 1. The summed E-state index contributed by atoms with van der Waals surface area (Å²) in [6.45, 7) is 1.61. The number of nitrogens with zero attached hydrogens (tertiary/aromatic N) is 2. The molecule has 1 saturated heterocycles. The van der Waals surface area contributed by atoms with Crippen molar-refractivity contribution in [1.29, 1.82) is 0 Å². The highest BCUT2D eigenvalue weighted by atomic mass is 32.2. The van der Waals surface area contributed by atoms with Crippen LogP contribution < -0.4 is 10.6 Å². The van der Waals surface area contributed by atoms with Crippen LogP contribution in [-0.4, -0.2) is 61.1 Å². The maximum Gasteiger partial charge on any atom is 0.319 e. The molecule has 0 radical (unpaired) electrons. The molecule has 144 valence electrons. The zero-order valence-corrected chi connectivity index (χ0v) is 16.5. The summed E-state index contributed by atoms with van der Waals surface area (Å²) >= 11 is 1.78. The number of pyridine rings is 1. The quantitative estimate of drug-likeness (QED) is 0.717. The molecule has 0 spiro atoms. The summed E-state index contributed by atoms with van der Waals surface area (Å²) in [5.74, 6) is 0.970. The molecule has 2 unspecified atom stereocenters. The van der Waals surface area contributed by atoms with Gasteiger partial charge in [-0.1, -0.05) is 6.07 Å². The lowest BCUT2D eigenvalue weighted by molar-refractivity contribution is 0.0940. The fourth-order valence-electron chi connectivity index (χ4n) is 3.13. The molecule has 1 fully saturated rings. The second-order valence-corrected chi connectivity index (χ2v) is 7.81. The number of likely N-dealkylation sites (N-methyl/N-ethyl adjacent to an activating group) is 1. The van der Waals surface area contributed by atoms with Crippen LogP contribution in [0.5, 0.6) is 0 Å². The number of hydrogen-bond acceptors (Lipinski definition) is 5. The van der Waals surface area contributed by atoms with Crippen LogP contribution in [0.1, 0.15) is 5.69 Å². The summed E-state index contributed by atoms with van der Waals surface area (Å²) in [4.78, 5) is 19.9. The SMILES string of the molecule is COC1CN(C)CC1NC(=O)Nc1ccc(SCCc2ccccn2)cc1. The van der Waals surface area contributed by atoms with Gasteiger partial charge in [0.1, 0.15) is 0 Å². The van der Waals surface area contributed by atoms with Gasteiger partial charge in [-0.2, -0.15) is 0 Å². The minimum absolute atomic E-state index is 0.00132. The number of anilines is 1. The van der Waals surface area contributed by atoms with Gasteiger partial charge in [-0.3, -0.25) is 4.98 Å². The Labute approximate surface area is 164 Å². The number of ether oxygens (including phenoxy) is 1. The van der Waals surface area contributed by atoms with Crippen LogP contribution in [0.3, 0.4) is 0 Å². The number of benzene rings is 1. The third kappa shape index (κ3) is 5.95. The molecule has 0 aliphatic carbocycles. The van der Waals surface area contributed by atoms with Crippen molar-refractivity contribution in [3.8, 4) is 0 Å². The van der Waals surface area contributed by atoms with E-state index in [2.05, 4.69) is 20.5 Å². The summed E-state index contributed by atoms with van der Waals surface area (Å²) in [5, 5.41) is 5.89. The standard InChI is InChI=1S/C20H26N4O2S/c1-24-13-18(19(14-24)26-2)23-20(25)22-16-6-8-17(9-7-16)27-12-10-15-5-3-4-11-21-15/h3-9,11,18-19H,10,12-14H2,1-2H3,(H2,22,23,25). The van der Waals surface area contributed by atoms with Crippen LogP contribution in [0.2, 0.25) is 0 Å². The molecule has 2 heterocycles. The first-order valence-corrected chi connectivity index (χ1v) is 10.0. The zero-order valence-electron chi connectivity index (χ0n) is 15.7. The number of amides is 2. The van der Waals surface area contributed by atoms with Crippen molar-refractivity contribution in [2.75, 3.05) is 38.3 Å². The predicted octanol–water partition coefficient (Wildman–Crippen LogP) is 2.87. The molecular weight excluding hydrogens is 360 g/mol. The number of likely N-dealkylation sites (tertiary alicyclic amines) is 1. The number of aromatic nitrogens is 1. The van der Waals surface area contributed by atoms with Gasteiger partial charge in [0.25, 0.3) is 0 Å². The molecule has 0 saturated carbocycles. The lowest BCUT2D eigenvalue weighted by atomic mass is 10.2. The first-order chi connectivity index (χ1) is 13.1. The summed E-state index contributed by atoms with van der Waals surface area (Å²) in [7, 11) is 3.70. The monoisotopic (exact) mass is 386 g/mol. The highest BCUT2D eigenvalue weighted by Crippen LogP contribution is 2.21. The minimum atomic E-state index is -0.201. The lowest BCUT2D eigenvalue weighted by Crippen LogP contribution is -2.45. The second-order valence-electron chi connectivity index (χ2n) is 6.64. The van der Waals surface area contributed by atoms with E-state index in [0.29, 0.717) is 0 Å². The van der Waals surface area contributed by atoms with Crippen LogP contribution in [0, 0.1) is 0 Å². The molecule has 1 aromatic heterocycles. The molecule has 1 aromatic carbocycles. The molecule has 6 nitrogen and oxygen atoms in total. The van der Waals surface area contributed by atoms with E-state index in [9.17, 15) is 4.79 Å². The molecule has 7 heteroatoms. The molecule has 1 aliphatic heterocycles. The van der Waals surface area contributed by atoms with Crippen LogP contribution in [0.4, 0.5) is 10.5 Å². The van der Waals surface area contributed by atoms with Crippen LogP contribution in [-0.2, 0) is 11.2 Å². The molecule has 2 N–H and O–H groups in total. The number of rotatable bonds is 7. The average Bonchev–Trinajstić information content (AvgIpc) is 3.03. The zero-order chi connectivity index (χ0) is 19.1. The third-order valence-corrected chi connectivity index (χ3v) is 5.55. The normalized spacial score (nSPS) is 19.8. The van der Waals surface area contributed by atoms with Gasteiger partial charge in [0.15, 0.2) is 0 Å². The molecule has 2 amide bonds. The van der Waals surface area contributed by atoms with Crippen LogP contribution in [0.25, 0.3) is 0 Å². The summed E-state index contributed by atoms with van der Waals surface area (Å²) in [6.07, 6.45) is 2.78. The van der Waals surface area contributed by atoms with E-state index < -0.39 is 0 Å². The molecule has 2 atom stereocenters. The number of aryl methyl sites for hydroxylation is 1. The van der Waals surface area contributed by atoms with Gasteiger partial charge in [0, 0.05) is 48.4 Å². The van der Waals surface area contributed by atoms with Crippen molar-refractivity contribution < 1.29 is 9.53 Å². The van der Waals surface area contributed by atoms with E-state index in [1.54, 1.807) is 18.9 Å². The van der Waals surface area contributed by atoms with Gasteiger partial charge in [0.2, 0.25) is 0 Å². The van der Waals surface area contributed by atoms with E-state index >= 15 is 0 Å². The summed E-state index contributed by atoms with van der Waals surface area (Å²) < 4.78 is 5.44. The van der Waals surface area contributed by atoms with E-state index in [1.165, 1.54) is 4.90 Å². The minimum Gasteiger partial charge on any atom is -0.378 e. The third-order valence-electron chi connectivity index (χ3n) is 4.53. The highest BCUT2D eigenvalue weighted by Gasteiger charge is 2.31. The van der Waals surface area contributed by atoms with Crippen molar-refractivity contribution in [2.24, 2.45) is 0 Å². The number of nitrogens with one attached hydrogen (secondary N) is 2. The Morgan fingerprint density at radius 3 is 2.78 bits per heavy atom. The smallest absolute Gasteiger partial charge is 0.319 e. The first-order valence-electron chi connectivity index (χ1n) is 9.05. The number of urea groups is 1. The topological polar surface area (TPSA) is 66.5 Å². The Kier molecular flexibility index (Phi) is 7.09. The van der Waals surface area contributed by atoms with Crippen molar-refractivity contribution in [2.45, 2.75) is 23.5 Å². The Hall–Kier alpha value is -2.09. The van der Waals surface area contributed by atoms with E-state index in [1.807, 2.05) is 55.7 Å². The fraction of sp³-hybridized carbons (Fsp3) is 0.400. The van der Waals surface area contributed by atoms with E-state index in [4.69, 9.17) is 4.74 Å². The number of hydrogen-bond donors (Lipinski definition) is 2. The van der Waals surface area contributed by atoms with Gasteiger partial charge in [-0.15, -0.1) is 11.8 Å². The average molecular weight is 387 g/mol. The number of carbonyl (C=O) groups excluding carboxylic acids is 1. The van der Waals surface area contributed by atoms with Gasteiger partial charge in [0.05, 0.1) is 12.1 Å². The fourth-order valence-corrected chi connectivity index (χ4v) is 4.00. The molecular formula is C20H26N4O2S. The molecule has 3 rings (SSSR count). The van der Waals surface area contributed by atoms with Crippen molar-refractivity contribution >= 4 is 23.5 Å². The Morgan fingerprint density at radius 1 is 1.26 bits per heavy atom. The van der Waals surface area contributed by atoms with Crippen molar-refractivity contribution in [3.63, 3.8) is 0 Å². The van der Waals surface area contributed by atoms with E-state index in [0.717, 1.165) is 36.6 Å². The van der Waals surface area contributed by atoms with Crippen molar-refractivity contribution in [1.82, 2.24) is 15.2 Å². The van der Waals surface area contributed by atoms with Gasteiger partial charge in [-0.05, 0) is 49.9 Å². The van der Waals surface area contributed by atoms with Gasteiger partial charge >= 0.3 is 6.03 Å². The molecule has 1 aliphatic rings. The molecule has 0 bridgehead atoms. The maximum atomic E-state index is 12.2. The van der Waals surface area contributed by atoms with E-state index in [-0.39, 0.29) is 18.2 Å². The Morgan fingerprint density at radius 2 is 2.07 bits per heavy atom. The first kappa shape index (κ1) is 19.7. The largest absolute Gasteiger partial charge is 0.378 e. The lowest BCUT2D eigenvalue weighted by Gasteiger charge is -2.18. The Bertz CT molecular complexity index is 727. The van der Waals surface area contributed by atoms with Crippen LogP contribution >= 0.6 is 11.8 Å². The summed E-state index contributed by atoms with van der Waals surface area (Å²) in [6, 6.07) is 13.7.